The summed E-state index contributed by atoms with van der Waals surface area (Å²) in [6.07, 6.45) is -4.77. The molecule has 10 atom stereocenters. The smallest absolute Gasteiger partial charge is 0.221 e. The van der Waals surface area contributed by atoms with Gasteiger partial charge in [-0.05, 0) is 137 Å². The molecule has 57 heavy (non-hydrogen) atoms. The first-order valence-electron chi connectivity index (χ1n) is 20.9. The lowest BCUT2D eigenvalue weighted by atomic mass is 9.96. The second kappa shape index (κ2) is 20.2. The van der Waals surface area contributed by atoms with Gasteiger partial charge in [-0.1, -0.05) is 6.08 Å². The van der Waals surface area contributed by atoms with Gasteiger partial charge >= 0.3 is 0 Å². The molecule has 0 N–H and O–H groups in total. The number of rotatable bonds is 21. The molecule has 2 aliphatic rings. The van der Waals surface area contributed by atoms with Crippen LogP contribution in [0.5, 0.6) is 0 Å². The van der Waals surface area contributed by atoms with Crippen molar-refractivity contribution >= 4 is 64.1 Å². The van der Waals surface area contributed by atoms with Crippen molar-refractivity contribution < 1.29 is 50.0 Å². The molecule has 1 amide bonds. The van der Waals surface area contributed by atoms with E-state index in [4.69, 9.17) is 45.2 Å². The van der Waals surface area contributed by atoms with E-state index in [0.29, 0.717) is 6.61 Å². The lowest BCUT2D eigenvalue weighted by Crippen LogP contribution is -2.71. The summed E-state index contributed by atoms with van der Waals surface area (Å²) in [6.45, 7) is 51.9. The molecule has 2 rings (SSSR count). The number of ether oxygens (including phenoxy) is 3. The topological polar surface area (TPSA) is 113 Å². The lowest BCUT2D eigenvalue weighted by Gasteiger charge is -2.55. The zero-order valence-corrected chi connectivity index (χ0v) is 47.1. The fourth-order valence-electron chi connectivity index (χ4n) is 6.64. The number of amides is 1. The standard InChI is InChI=1S/C38H85NO11Si7/c1-24-25-39(28(2)40)37-35(49-56(18,19)20)33(47-54(12,13)14)31(29(43-37)26-41-51(3,4)5)45-38-36(50-57(21,22)23)34(48-55(15,16)17)32(46-53(9,10)11)30(44-38)27-42-52(6,7)8/h24,29-38H,1,25-27H2,2-23H3/t29-,30?,31-,32+,33?,34+,35?,36?,37+,38+/m1/s1. The number of hydrogen-bond acceptors (Lipinski definition) is 11. The highest BCUT2D eigenvalue weighted by atomic mass is 28.4. The van der Waals surface area contributed by atoms with E-state index < -0.39 is 120 Å². The van der Waals surface area contributed by atoms with Gasteiger partial charge in [0.2, 0.25) is 5.91 Å². The molecule has 2 heterocycles. The number of carbonyl (C=O) groups excluding carboxylic acids is 1. The van der Waals surface area contributed by atoms with Crippen molar-refractivity contribution in [2.24, 2.45) is 0 Å². The van der Waals surface area contributed by atoms with Crippen LogP contribution in [0.2, 0.25) is 137 Å². The summed E-state index contributed by atoms with van der Waals surface area (Å²) in [5, 5.41) is 0. The first-order valence-corrected chi connectivity index (χ1v) is 44.8. The summed E-state index contributed by atoms with van der Waals surface area (Å²) in [5.41, 5.74) is 0. The summed E-state index contributed by atoms with van der Waals surface area (Å²) < 4.78 is 70.6. The van der Waals surface area contributed by atoms with E-state index in [1.54, 1.807) is 17.9 Å². The summed E-state index contributed by atoms with van der Waals surface area (Å²) in [4.78, 5) is 15.1. The predicted octanol–water partition coefficient (Wildman–Crippen LogP) is 8.66. The molecular weight excluding hydrogens is 843 g/mol. The first kappa shape index (κ1) is 53.5. The molecule has 19 heteroatoms. The summed E-state index contributed by atoms with van der Waals surface area (Å²) in [5.74, 6) is -0.149. The summed E-state index contributed by atoms with van der Waals surface area (Å²) in [7, 11) is -15.3. The van der Waals surface area contributed by atoms with Crippen LogP contribution >= 0.6 is 0 Å². The second-order valence-electron chi connectivity index (χ2n) is 22.5. The van der Waals surface area contributed by atoms with Crippen LogP contribution in [0.25, 0.3) is 0 Å². The van der Waals surface area contributed by atoms with Crippen molar-refractivity contribution in [2.75, 3.05) is 19.8 Å². The molecule has 0 spiro atoms. The molecule has 0 bridgehead atoms. The van der Waals surface area contributed by atoms with Gasteiger partial charge in [-0.15, -0.1) is 6.58 Å². The number of hydrogen-bond donors (Lipinski definition) is 0. The summed E-state index contributed by atoms with van der Waals surface area (Å²) >= 11 is 0. The highest BCUT2D eigenvalue weighted by molar-refractivity contribution is 6.72. The largest absolute Gasteiger partial charge is 0.415 e. The first-order chi connectivity index (χ1) is 25.4. The van der Waals surface area contributed by atoms with Gasteiger partial charge in [0.1, 0.15) is 48.8 Å². The predicted molar refractivity (Wildman–Crippen MR) is 249 cm³/mol. The van der Waals surface area contributed by atoms with Crippen molar-refractivity contribution in [3.8, 4) is 0 Å². The van der Waals surface area contributed by atoms with Gasteiger partial charge in [0.15, 0.2) is 70.7 Å². The zero-order chi connectivity index (χ0) is 44.3. The Hall–Kier alpha value is 0.328. The van der Waals surface area contributed by atoms with Crippen molar-refractivity contribution in [1.82, 2.24) is 4.90 Å². The Morgan fingerprint density at radius 3 is 1.23 bits per heavy atom. The molecule has 0 saturated carbocycles. The monoisotopic (exact) mass is 927 g/mol. The van der Waals surface area contributed by atoms with Gasteiger partial charge in [-0.3, -0.25) is 4.79 Å². The van der Waals surface area contributed by atoms with Gasteiger partial charge in [-0.2, -0.15) is 0 Å². The number of nitrogens with zero attached hydrogens (tertiary/aromatic N) is 1. The minimum absolute atomic E-state index is 0.149. The Bertz CT molecular complexity index is 1280. The Balaban J connectivity index is 2.99. The summed E-state index contributed by atoms with van der Waals surface area (Å²) in [6, 6.07) is 0. The molecule has 2 fully saturated rings. The molecule has 2 aliphatic heterocycles. The van der Waals surface area contributed by atoms with Crippen LogP contribution in [-0.4, -0.2) is 150 Å². The Morgan fingerprint density at radius 1 is 0.509 bits per heavy atom. The van der Waals surface area contributed by atoms with Crippen LogP contribution in [0, 0.1) is 0 Å². The fraction of sp³-hybridized carbons (Fsp3) is 0.921. The molecule has 2 saturated heterocycles. The Labute approximate surface area is 355 Å². The van der Waals surface area contributed by atoms with Gasteiger partial charge in [0.05, 0.1) is 13.2 Å². The third kappa shape index (κ3) is 19.5. The van der Waals surface area contributed by atoms with Crippen molar-refractivity contribution in [3.05, 3.63) is 12.7 Å². The molecule has 0 aromatic carbocycles. The molecule has 12 nitrogen and oxygen atoms in total. The molecule has 0 aliphatic carbocycles. The van der Waals surface area contributed by atoms with Crippen LogP contribution in [0.1, 0.15) is 6.92 Å². The van der Waals surface area contributed by atoms with Gasteiger partial charge < -0.3 is 50.1 Å². The minimum Gasteiger partial charge on any atom is -0.415 e. The Morgan fingerprint density at radius 2 is 0.860 bits per heavy atom. The van der Waals surface area contributed by atoms with Crippen LogP contribution in [0.3, 0.4) is 0 Å². The lowest BCUT2D eigenvalue weighted by molar-refractivity contribution is -0.339. The van der Waals surface area contributed by atoms with Gasteiger partial charge in [0, 0.05) is 13.5 Å². The highest BCUT2D eigenvalue weighted by Gasteiger charge is 2.57. The highest BCUT2D eigenvalue weighted by Crippen LogP contribution is 2.39. The molecule has 4 unspecified atom stereocenters. The van der Waals surface area contributed by atoms with Crippen LogP contribution in [-0.2, 0) is 50.0 Å². The van der Waals surface area contributed by atoms with Gasteiger partial charge in [0.25, 0.3) is 0 Å². The third-order valence-electron chi connectivity index (χ3n) is 8.34. The number of carbonyl (C=O) groups is 1. The van der Waals surface area contributed by atoms with Crippen LogP contribution in [0.4, 0.5) is 0 Å². The normalized spacial score (nSPS) is 30.0. The van der Waals surface area contributed by atoms with Crippen molar-refractivity contribution in [3.63, 3.8) is 0 Å². The van der Waals surface area contributed by atoms with Crippen LogP contribution < -0.4 is 0 Å². The maximum absolute atomic E-state index is 13.4. The van der Waals surface area contributed by atoms with E-state index in [-0.39, 0.29) is 19.1 Å². The van der Waals surface area contributed by atoms with Crippen molar-refractivity contribution in [1.29, 1.82) is 0 Å². The molecule has 336 valence electrons. The maximum atomic E-state index is 13.4. The second-order valence-corrected chi connectivity index (χ2v) is 53.8. The van der Waals surface area contributed by atoms with E-state index in [2.05, 4.69) is 144 Å². The average molecular weight is 929 g/mol. The quantitative estimate of drug-likeness (QED) is 0.0815. The molecular formula is C38H85NO11Si7. The SMILES string of the molecule is C=CCN(C(C)=O)[C@H]1O[C@H](CO[Si](C)(C)C)[C@@H](O[C@@H]2OC(CO[Si](C)(C)C)[C@H](O[Si](C)(C)C)[C@H](O[Si](C)(C)C)C2O[Si](C)(C)C)C(O[Si](C)(C)C)C1O[Si](C)(C)C. The molecule has 0 radical (unpaired) electrons. The van der Waals surface area contributed by atoms with E-state index >= 15 is 0 Å². The maximum Gasteiger partial charge on any atom is 0.221 e. The molecule has 0 aromatic rings. The van der Waals surface area contributed by atoms with E-state index in [1.807, 2.05) is 0 Å². The van der Waals surface area contributed by atoms with Gasteiger partial charge in [-0.25, -0.2) is 0 Å². The Kier molecular flexibility index (Phi) is 19.0. The minimum atomic E-state index is -2.33. The fourth-order valence-corrected chi connectivity index (χ4v) is 13.4. The van der Waals surface area contributed by atoms with E-state index in [1.165, 1.54) is 0 Å². The average Bonchev–Trinajstić information content (AvgIpc) is 2.95. The van der Waals surface area contributed by atoms with E-state index in [9.17, 15) is 4.79 Å². The third-order valence-corrected chi connectivity index (χ3v) is 15.3. The molecule has 0 aromatic heterocycles. The van der Waals surface area contributed by atoms with Crippen molar-refractivity contribution in [2.45, 2.75) is 206 Å². The van der Waals surface area contributed by atoms with E-state index in [0.717, 1.165) is 0 Å². The zero-order valence-electron chi connectivity index (χ0n) is 40.1. The van der Waals surface area contributed by atoms with Crippen LogP contribution in [0.15, 0.2) is 12.7 Å².